The van der Waals surface area contributed by atoms with E-state index < -0.39 is 24.3 Å². The molecule has 0 saturated carbocycles. The van der Waals surface area contributed by atoms with Crippen molar-refractivity contribution in [2.45, 2.75) is 51.0 Å². The molecule has 2 atom stereocenters. The zero-order valence-corrected chi connectivity index (χ0v) is 8.69. The minimum absolute atomic E-state index is 0.0792. The number of hydrogen-bond acceptors (Lipinski definition) is 2. The van der Waals surface area contributed by atoms with Gasteiger partial charge in [0, 0.05) is 13.5 Å². The topological polar surface area (TPSA) is 29.5 Å². The van der Waals surface area contributed by atoms with Crippen LogP contribution in [0.15, 0.2) is 0 Å². The van der Waals surface area contributed by atoms with Gasteiger partial charge in [-0.2, -0.15) is 13.2 Å². The van der Waals surface area contributed by atoms with Crippen LogP contribution in [0.3, 0.4) is 0 Å². The third kappa shape index (κ3) is 5.44. The minimum Gasteiger partial charge on any atom is -0.387 e. The molecule has 0 aromatic heterocycles. The molecule has 0 heterocycles. The largest absolute Gasteiger partial charge is 0.389 e. The van der Waals surface area contributed by atoms with Gasteiger partial charge in [0.1, 0.15) is 0 Å². The molecule has 0 aromatic carbocycles. The second-order valence-electron chi connectivity index (χ2n) is 3.70. The lowest BCUT2D eigenvalue weighted by molar-refractivity contribution is -0.141. The van der Waals surface area contributed by atoms with E-state index in [1.807, 2.05) is 0 Å². The molecule has 0 aliphatic carbocycles. The smallest absolute Gasteiger partial charge is 0.387 e. The van der Waals surface area contributed by atoms with E-state index in [2.05, 4.69) is 0 Å². The Hall–Kier alpha value is -0.290. The zero-order valence-electron chi connectivity index (χ0n) is 8.69. The Morgan fingerprint density at radius 1 is 1.29 bits per heavy atom. The summed E-state index contributed by atoms with van der Waals surface area (Å²) in [6, 6.07) is 0. The maximum absolute atomic E-state index is 11.8. The molecule has 86 valence electrons. The SMILES string of the molecule is COC(C)C(C)(O)CCCC(F)(F)F. The van der Waals surface area contributed by atoms with Crippen molar-refractivity contribution in [2.24, 2.45) is 0 Å². The number of halogens is 3. The van der Waals surface area contributed by atoms with Crippen molar-refractivity contribution in [1.82, 2.24) is 0 Å². The average molecular weight is 214 g/mol. The second kappa shape index (κ2) is 4.98. The van der Waals surface area contributed by atoms with Crippen LogP contribution in [-0.2, 0) is 4.74 Å². The maximum atomic E-state index is 11.8. The summed E-state index contributed by atoms with van der Waals surface area (Å²) in [5, 5.41) is 9.69. The van der Waals surface area contributed by atoms with Gasteiger partial charge in [-0.15, -0.1) is 0 Å². The number of ether oxygens (including phenoxy) is 1. The summed E-state index contributed by atoms with van der Waals surface area (Å²) >= 11 is 0. The molecule has 2 unspecified atom stereocenters. The molecule has 0 spiro atoms. The normalized spacial score (nSPS) is 19.1. The van der Waals surface area contributed by atoms with E-state index in [0.29, 0.717) is 0 Å². The summed E-state index contributed by atoms with van der Waals surface area (Å²) < 4.78 is 40.3. The van der Waals surface area contributed by atoms with Crippen LogP contribution in [0.5, 0.6) is 0 Å². The molecule has 0 amide bonds. The first-order valence-electron chi connectivity index (χ1n) is 4.51. The van der Waals surface area contributed by atoms with Gasteiger partial charge in [0.2, 0.25) is 0 Å². The Bertz CT molecular complexity index is 166. The molecular formula is C9H17F3O2. The zero-order chi connectivity index (χ0) is 11.4. The van der Waals surface area contributed by atoms with E-state index in [1.54, 1.807) is 6.92 Å². The van der Waals surface area contributed by atoms with Crippen LogP contribution in [0.1, 0.15) is 33.1 Å². The number of methoxy groups -OCH3 is 1. The fourth-order valence-electron chi connectivity index (χ4n) is 1.10. The van der Waals surface area contributed by atoms with Crippen LogP contribution in [0.4, 0.5) is 13.2 Å². The third-order valence-electron chi connectivity index (χ3n) is 2.37. The Balaban J connectivity index is 3.88. The minimum atomic E-state index is -4.15. The Kier molecular flexibility index (Phi) is 4.88. The van der Waals surface area contributed by atoms with Gasteiger partial charge in [-0.05, 0) is 26.7 Å². The molecule has 0 saturated heterocycles. The molecule has 5 heteroatoms. The van der Waals surface area contributed by atoms with Crippen molar-refractivity contribution in [2.75, 3.05) is 7.11 Å². The molecule has 0 aromatic rings. The summed E-state index contributed by atoms with van der Waals surface area (Å²) in [5.74, 6) is 0. The Morgan fingerprint density at radius 2 is 1.79 bits per heavy atom. The van der Waals surface area contributed by atoms with Gasteiger partial charge >= 0.3 is 6.18 Å². The predicted molar refractivity (Wildman–Crippen MR) is 47.0 cm³/mol. The molecule has 0 aliphatic heterocycles. The summed E-state index contributed by atoms with van der Waals surface area (Å²) in [6.45, 7) is 3.12. The number of rotatable bonds is 5. The summed E-state index contributed by atoms with van der Waals surface area (Å²) in [4.78, 5) is 0. The quantitative estimate of drug-likeness (QED) is 0.762. The van der Waals surface area contributed by atoms with Crippen LogP contribution in [-0.4, -0.2) is 30.1 Å². The highest BCUT2D eigenvalue weighted by Crippen LogP contribution is 2.26. The molecule has 0 bridgehead atoms. The van der Waals surface area contributed by atoms with E-state index in [4.69, 9.17) is 4.74 Å². The average Bonchev–Trinajstić information content (AvgIpc) is 2.00. The Labute approximate surface area is 82.1 Å². The number of hydrogen-bond donors (Lipinski definition) is 1. The monoisotopic (exact) mass is 214 g/mol. The molecule has 0 fully saturated rings. The van der Waals surface area contributed by atoms with Gasteiger partial charge < -0.3 is 9.84 Å². The Morgan fingerprint density at radius 3 is 2.14 bits per heavy atom. The van der Waals surface area contributed by atoms with Crippen molar-refractivity contribution >= 4 is 0 Å². The second-order valence-corrected chi connectivity index (χ2v) is 3.70. The van der Waals surface area contributed by atoms with Crippen molar-refractivity contribution < 1.29 is 23.0 Å². The first-order chi connectivity index (χ1) is 6.19. The van der Waals surface area contributed by atoms with Gasteiger partial charge in [-0.25, -0.2) is 0 Å². The van der Waals surface area contributed by atoms with Gasteiger partial charge in [0.25, 0.3) is 0 Å². The predicted octanol–water partition coefficient (Wildman–Crippen LogP) is 2.50. The maximum Gasteiger partial charge on any atom is 0.389 e. The summed E-state index contributed by atoms with van der Waals surface area (Å²) in [5.41, 5.74) is -1.19. The van der Waals surface area contributed by atoms with Gasteiger partial charge in [0.05, 0.1) is 11.7 Å². The molecule has 0 aliphatic rings. The molecule has 14 heavy (non-hydrogen) atoms. The summed E-state index contributed by atoms with van der Waals surface area (Å²) in [7, 11) is 1.42. The molecular weight excluding hydrogens is 197 g/mol. The van der Waals surface area contributed by atoms with Crippen molar-refractivity contribution in [3.63, 3.8) is 0 Å². The third-order valence-corrected chi connectivity index (χ3v) is 2.37. The van der Waals surface area contributed by atoms with E-state index in [0.717, 1.165) is 0 Å². The lowest BCUT2D eigenvalue weighted by atomic mass is 9.93. The van der Waals surface area contributed by atoms with Crippen LogP contribution >= 0.6 is 0 Å². The summed E-state index contributed by atoms with van der Waals surface area (Å²) in [6.07, 6.45) is -5.46. The van der Waals surface area contributed by atoms with Gasteiger partial charge in [-0.1, -0.05) is 0 Å². The van der Waals surface area contributed by atoms with Crippen LogP contribution in [0.25, 0.3) is 0 Å². The highest BCUT2D eigenvalue weighted by molar-refractivity contribution is 4.79. The van der Waals surface area contributed by atoms with E-state index in [1.165, 1.54) is 14.0 Å². The molecule has 2 nitrogen and oxygen atoms in total. The molecule has 1 N–H and O–H groups in total. The number of alkyl halides is 3. The number of aliphatic hydroxyl groups is 1. The first-order valence-corrected chi connectivity index (χ1v) is 4.51. The van der Waals surface area contributed by atoms with Crippen molar-refractivity contribution in [3.05, 3.63) is 0 Å². The fourth-order valence-corrected chi connectivity index (χ4v) is 1.10. The van der Waals surface area contributed by atoms with E-state index in [-0.39, 0.29) is 12.8 Å². The van der Waals surface area contributed by atoms with Crippen LogP contribution in [0, 0.1) is 0 Å². The van der Waals surface area contributed by atoms with Gasteiger partial charge in [-0.3, -0.25) is 0 Å². The standard InChI is InChI=1S/C9H17F3O2/c1-7(14-3)8(2,13)5-4-6-9(10,11)12/h7,13H,4-6H2,1-3H3. The van der Waals surface area contributed by atoms with Crippen molar-refractivity contribution in [1.29, 1.82) is 0 Å². The van der Waals surface area contributed by atoms with E-state index in [9.17, 15) is 18.3 Å². The molecule has 0 radical (unpaired) electrons. The fraction of sp³-hybridized carbons (Fsp3) is 1.00. The lowest BCUT2D eigenvalue weighted by Crippen LogP contribution is -2.38. The first kappa shape index (κ1) is 13.7. The van der Waals surface area contributed by atoms with Crippen LogP contribution in [0.2, 0.25) is 0 Å². The van der Waals surface area contributed by atoms with Crippen LogP contribution < -0.4 is 0 Å². The molecule has 0 rings (SSSR count). The highest BCUT2D eigenvalue weighted by atomic mass is 19.4. The highest BCUT2D eigenvalue weighted by Gasteiger charge is 2.31. The van der Waals surface area contributed by atoms with E-state index >= 15 is 0 Å². The van der Waals surface area contributed by atoms with Crippen molar-refractivity contribution in [3.8, 4) is 0 Å². The lowest BCUT2D eigenvalue weighted by Gasteiger charge is -2.29. The van der Waals surface area contributed by atoms with Gasteiger partial charge in [0.15, 0.2) is 0 Å².